The third kappa shape index (κ3) is 3.04. The van der Waals surface area contributed by atoms with Crippen molar-refractivity contribution in [1.82, 2.24) is 0 Å². The van der Waals surface area contributed by atoms with E-state index in [9.17, 15) is 4.39 Å². The zero-order chi connectivity index (χ0) is 13.8. The molecule has 2 aromatic carbocycles. The molecule has 0 saturated carbocycles. The average Bonchev–Trinajstić information content (AvgIpc) is 2.42. The first-order valence-electron chi connectivity index (χ1n) is 5.35. The molecule has 0 unspecified atom stereocenters. The number of benzene rings is 2. The molecular weight excluding hydrogens is 313 g/mol. The summed E-state index contributed by atoms with van der Waals surface area (Å²) in [5, 5.41) is 8.67. The Bertz CT molecular complexity index is 652. The summed E-state index contributed by atoms with van der Waals surface area (Å²) < 4.78 is 24.8. The van der Waals surface area contributed by atoms with Gasteiger partial charge in [0.2, 0.25) is 0 Å². The van der Waals surface area contributed by atoms with Gasteiger partial charge in [0.1, 0.15) is 11.5 Å². The number of nitriles is 1. The molecule has 0 aliphatic rings. The summed E-state index contributed by atoms with van der Waals surface area (Å²) in [5.41, 5.74) is 0.249. The fourth-order valence-corrected chi connectivity index (χ4v) is 1.90. The monoisotopic (exact) mass is 321 g/mol. The summed E-state index contributed by atoms with van der Waals surface area (Å²) in [6, 6.07) is 11.0. The van der Waals surface area contributed by atoms with E-state index in [0.717, 1.165) is 6.07 Å². The molecule has 0 aliphatic heterocycles. The van der Waals surface area contributed by atoms with E-state index in [2.05, 4.69) is 15.9 Å². The SMILES string of the molecule is COc1ccc(Oc2ccc(C#N)cc2F)c(Br)c1. The zero-order valence-electron chi connectivity index (χ0n) is 9.98. The molecule has 0 amide bonds. The number of hydrogen-bond donors (Lipinski definition) is 0. The van der Waals surface area contributed by atoms with Crippen molar-refractivity contribution in [1.29, 1.82) is 5.26 Å². The van der Waals surface area contributed by atoms with Crippen molar-refractivity contribution in [3.05, 3.63) is 52.3 Å². The molecule has 3 nitrogen and oxygen atoms in total. The van der Waals surface area contributed by atoms with Gasteiger partial charge in [-0.3, -0.25) is 0 Å². The maximum atomic E-state index is 13.7. The van der Waals surface area contributed by atoms with E-state index >= 15 is 0 Å². The highest BCUT2D eigenvalue weighted by Crippen LogP contribution is 2.33. The second-order valence-electron chi connectivity index (χ2n) is 3.66. The fraction of sp³-hybridized carbons (Fsp3) is 0.0714. The van der Waals surface area contributed by atoms with Crippen molar-refractivity contribution in [3.63, 3.8) is 0 Å². The van der Waals surface area contributed by atoms with Crippen LogP contribution in [-0.4, -0.2) is 7.11 Å². The topological polar surface area (TPSA) is 42.2 Å². The molecule has 5 heteroatoms. The van der Waals surface area contributed by atoms with Gasteiger partial charge < -0.3 is 9.47 Å². The highest BCUT2D eigenvalue weighted by atomic mass is 79.9. The minimum absolute atomic E-state index is 0.0601. The van der Waals surface area contributed by atoms with Crippen LogP contribution < -0.4 is 9.47 Å². The molecule has 0 heterocycles. The quantitative estimate of drug-likeness (QED) is 0.848. The number of methoxy groups -OCH3 is 1. The van der Waals surface area contributed by atoms with Gasteiger partial charge in [0, 0.05) is 0 Å². The fourth-order valence-electron chi connectivity index (χ4n) is 1.46. The lowest BCUT2D eigenvalue weighted by Gasteiger charge is -2.09. The Hall–Kier alpha value is -2.06. The molecule has 0 fully saturated rings. The van der Waals surface area contributed by atoms with Gasteiger partial charge in [-0.15, -0.1) is 0 Å². The van der Waals surface area contributed by atoms with Crippen LogP contribution in [0.1, 0.15) is 5.56 Å². The van der Waals surface area contributed by atoms with Gasteiger partial charge in [-0.1, -0.05) is 0 Å². The molecule has 2 rings (SSSR count). The van der Waals surface area contributed by atoms with Crippen LogP contribution in [-0.2, 0) is 0 Å². The standard InChI is InChI=1S/C14H9BrFNO2/c1-18-10-3-5-13(11(15)7-10)19-14-4-2-9(8-17)6-12(14)16/h2-7H,1H3. The molecule has 0 aromatic heterocycles. The lowest BCUT2D eigenvalue weighted by atomic mass is 10.2. The number of nitrogens with zero attached hydrogens (tertiary/aromatic N) is 1. The van der Waals surface area contributed by atoms with Crippen LogP contribution in [0.2, 0.25) is 0 Å². The third-order valence-electron chi connectivity index (χ3n) is 2.42. The lowest BCUT2D eigenvalue weighted by Crippen LogP contribution is -1.91. The molecule has 19 heavy (non-hydrogen) atoms. The maximum Gasteiger partial charge on any atom is 0.167 e. The van der Waals surface area contributed by atoms with Crippen molar-refractivity contribution in [3.8, 4) is 23.3 Å². The number of halogens is 2. The van der Waals surface area contributed by atoms with E-state index in [-0.39, 0.29) is 11.3 Å². The molecule has 96 valence electrons. The molecule has 0 aliphatic carbocycles. The van der Waals surface area contributed by atoms with E-state index in [4.69, 9.17) is 14.7 Å². The minimum atomic E-state index is -0.582. The highest BCUT2D eigenvalue weighted by Gasteiger charge is 2.09. The lowest BCUT2D eigenvalue weighted by molar-refractivity contribution is 0.410. The van der Waals surface area contributed by atoms with Gasteiger partial charge in [-0.05, 0) is 52.3 Å². The van der Waals surface area contributed by atoms with Gasteiger partial charge in [0.15, 0.2) is 11.6 Å². The van der Waals surface area contributed by atoms with Gasteiger partial charge in [-0.25, -0.2) is 4.39 Å². The normalized spacial score (nSPS) is 9.79. The summed E-state index contributed by atoms with van der Waals surface area (Å²) in [7, 11) is 1.56. The largest absolute Gasteiger partial charge is 0.497 e. The Morgan fingerprint density at radius 3 is 2.47 bits per heavy atom. The number of hydrogen-bond acceptors (Lipinski definition) is 3. The smallest absolute Gasteiger partial charge is 0.167 e. The van der Waals surface area contributed by atoms with Crippen LogP contribution in [0.25, 0.3) is 0 Å². The van der Waals surface area contributed by atoms with Crippen LogP contribution in [0.4, 0.5) is 4.39 Å². The number of ether oxygens (including phenoxy) is 2. The summed E-state index contributed by atoms with van der Waals surface area (Å²) in [6.45, 7) is 0. The van der Waals surface area contributed by atoms with E-state index in [1.165, 1.54) is 12.1 Å². The summed E-state index contributed by atoms with van der Waals surface area (Å²) >= 11 is 3.32. The van der Waals surface area contributed by atoms with Crippen LogP contribution in [0.15, 0.2) is 40.9 Å². The molecule has 0 bridgehead atoms. The van der Waals surface area contributed by atoms with E-state index in [1.54, 1.807) is 25.3 Å². The predicted octanol–water partition coefficient (Wildman–Crippen LogP) is 4.26. The Balaban J connectivity index is 2.29. The second-order valence-corrected chi connectivity index (χ2v) is 4.51. The average molecular weight is 322 g/mol. The third-order valence-corrected chi connectivity index (χ3v) is 3.04. The van der Waals surface area contributed by atoms with Gasteiger partial charge >= 0.3 is 0 Å². The maximum absolute atomic E-state index is 13.7. The van der Waals surface area contributed by atoms with Crippen molar-refractivity contribution in [2.45, 2.75) is 0 Å². The molecule has 2 aromatic rings. The molecule has 0 N–H and O–H groups in total. The van der Waals surface area contributed by atoms with E-state index < -0.39 is 5.82 Å². The van der Waals surface area contributed by atoms with Crippen LogP contribution in [0.3, 0.4) is 0 Å². The highest BCUT2D eigenvalue weighted by molar-refractivity contribution is 9.10. The van der Waals surface area contributed by atoms with Gasteiger partial charge in [0.05, 0.1) is 23.2 Å². The summed E-state index contributed by atoms with van der Waals surface area (Å²) in [6.07, 6.45) is 0. The first kappa shape index (κ1) is 13.4. The van der Waals surface area contributed by atoms with Crippen LogP contribution >= 0.6 is 15.9 Å². The molecule has 0 saturated heterocycles. The van der Waals surface area contributed by atoms with E-state index in [0.29, 0.717) is 16.0 Å². The number of rotatable bonds is 3. The first-order valence-corrected chi connectivity index (χ1v) is 6.14. The summed E-state index contributed by atoms with van der Waals surface area (Å²) in [4.78, 5) is 0. The van der Waals surface area contributed by atoms with Crippen molar-refractivity contribution >= 4 is 15.9 Å². The first-order chi connectivity index (χ1) is 9.13. The summed E-state index contributed by atoms with van der Waals surface area (Å²) in [5.74, 6) is 0.607. The Kier molecular flexibility index (Phi) is 4.03. The van der Waals surface area contributed by atoms with Crippen molar-refractivity contribution in [2.24, 2.45) is 0 Å². The zero-order valence-corrected chi connectivity index (χ0v) is 11.6. The Morgan fingerprint density at radius 2 is 1.89 bits per heavy atom. The molecule has 0 atom stereocenters. The molecule has 0 radical (unpaired) electrons. The van der Waals surface area contributed by atoms with Gasteiger partial charge in [0.25, 0.3) is 0 Å². The Morgan fingerprint density at radius 1 is 1.16 bits per heavy atom. The Labute approximate surface area is 118 Å². The minimum Gasteiger partial charge on any atom is -0.497 e. The molecule has 0 spiro atoms. The van der Waals surface area contributed by atoms with Crippen LogP contribution in [0.5, 0.6) is 17.2 Å². The van der Waals surface area contributed by atoms with Crippen molar-refractivity contribution in [2.75, 3.05) is 7.11 Å². The van der Waals surface area contributed by atoms with Crippen LogP contribution in [0, 0.1) is 17.1 Å². The van der Waals surface area contributed by atoms with Gasteiger partial charge in [-0.2, -0.15) is 5.26 Å². The van der Waals surface area contributed by atoms with E-state index in [1.807, 2.05) is 6.07 Å². The predicted molar refractivity (Wildman–Crippen MR) is 71.9 cm³/mol. The second kappa shape index (κ2) is 5.72. The van der Waals surface area contributed by atoms with Crippen molar-refractivity contribution < 1.29 is 13.9 Å². The molecular formula is C14H9BrFNO2.